The number of hydrogen-bond acceptors (Lipinski definition) is 3. The fraction of sp³-hybridized carbons (Fsp3) is 0.625. The quantitative estimate of drug-likeness (QED) is 0.667. The number of carbonyl (C=O) groups is 1. The van der Waals surface area contributed by atoms with Crippen LogP contribution in [-0.4, -0.2) is 20.9 Å². The van der Waals surface area contributed by atoms with Crippen LogP contribution < -0.4 is 5.32 Å². The van der Waals surface area contributed by atoms with Gasteiger partial charge in [-0.15, -0.1) is 5.10 Å². The van der Waals surface area contributed by atoms with E-state index in [-0.39, 0.29) is 17.9 Å². The molecule has 5 nitrogen and oxygen atoms in total. The van der Waals surface area contributed by atoms with Gasteiger partial charge in [-0.3, -0.25) is 4.79 Å². The molecule has 0 saturated carbocycles. The second-order valence-electron chi connectivity index (χ2n) is 3.58. The number of fused-ring (bicyclic) bond motifs is 1. The lowest BCUT2D eigenvalue weighted by atomic mass is 10.0. The van der Waals surface area contributed by atoms with Crippen molar-refractivity contribution in [3.63, 3.8) is 0 Å². The van der Waals surface area contributed by atoms with Gasteiger partial charge in [-0.1, -0.05) is 19.1 Å². The molecule has 1 aliphatic heterocycles. The summed E-state index contributed by atoms with van der Waals surface area (Å²) in [6.07, 6.45) is 1.69. The highest BCUT2D eigenvalue weighted by molar-refractivity contribution is 5.81. The molecule has 13 heavy (non-hydrogen) atoms. The minimum Gasteiger partial charge on any atom is -0.349 e. The van der Waals surface area contributed by atoms with E-state index in [2.05, 4.69) is 15.6 Å². The average molecular weight is 180 g/mol. The molecule has 1 N–H and O–H groups in total. The number of amides is 1. The highest BCUT2D eigenvalue weighted by Gasteiger charge is 2.30. The Morgan fingerprint density at radius 3 is 3.15 bits per heavy atom. The molecule has 1 amide bonds. The van der Waals surface area contributed by atoms with Crippen LogP contribution in [-0.2, 0) is 11.3 Å². The van der Waals surface area contributed by atoms with E-state index in [1.807, 2.05) is 13.8 Å². The standard InChI is InChI=1S/C8H12N4O/c1-5(2)7-8(13)9-3-6-4-10-11-12(6)7/h4-5,7H,3H2,1-2H3,(H,9,13)/t7-/m0/s1. The zero-order valence-electron chi connectivity index (χ0n) is 7.69. The van der Waals surface area contributed by atoms with Crippen LogP contribution in [0.3, 0.4) is 0 Å². The van der Waals surface area contributed by atoms with Crippen molar-refractivity contribution in [2.45, 2.75) is 26.4 Å². The average Bonchev–Trinajstić information content (AvgIpc) is 2.50. The van der Waals surface area contributed by atoms with Gasteiger partial charge < -0.3 is 5.32 Å². The highest BCUT2D eigenvalue weighted by atomic mass is 16.2. The molecule has 0 fully saturated rings. The van der Waals surface area contributed by atoms with Crippen LogP contribution in [0.4, 0.5) is 0 Å². The Kier molecular flexibility index (Phi) is 1.79. The van der Waals surface area contributed by atoms with Crippen LogP contribution in [0, 0.1) is 5.92 Å². The van der Waals surface area contributed by atoms with E-state index in [0.29, 0.717) is 6.54 Å². The van der Waals surface area contributed by atoms with Gasteiger partial charge in [0.2, 0.25) is 5.91 Å². The van der Waals surface area contributed by atoms with E-state index >= 15 is 0 Å². The molecule has 1 aromatic rings. The van der Waals surface area contributed by atoms with Gasteiger partial charge in [0, 0.05) is 0 Å². The van der Waals surface area contributed by atoms with Crippen LogP contribution >= 0.6 is 0 Å². The molecule has 0 radical (unpaired) electrons. The molecule has 2 rings (SSSR count). The molecule has 0 bridgehead atoms. The smallest absolute Gasteiger partial charge is 0.245 e. The summed E-state index contributed by atoms with van der Waals surface area (Å²) in [5.41, 5.74) is 0.971. The summed E-state index contributed by atoms with van der Waals surface area (Å²) in [6, 6.07) is -0.203. The molecule has 1 atom stereocenters. The Balaban J connectivity index is 2.42. The molecule has 1 aromatic heterocycles. The summed E-state index contributed by atoms with van der Waals surface area (Å²) in [4.78, 5) is 11.5. The van der Waals surface area contributed by atoms with Gasteiger partial charge in [-0.05, 0) is 5.92 Å². The fourth-order valence-electron chi connectivity index (χ4n) is 1.60. The van der Waals surface area contributed by atoms with Gasteiger partial charge in [-0.25, -0.2) is 4.68 Å². The molecular formula is C8H12N4O. The van der Waals surface area contributed by atoms with Crippen molar-refractivity contribution < 1.29 is 4.79 Å². The first-order valence-corrected chi connectivity index (χ1v) is 4.37. The van der Waals surface area contributed by atoms with Gasteiger partial charge in [0.15, 0.2) is 0 Å². The first-order valence-electron chi connectivity index (χ1n) is 4.37. The summed E-state index contributed by atoms with van der Waals surface area (Å²) >= 11 is 0. The fourth-order valence-corrected chi connectivity index (χ4v) is 1.60. The number of hydrogen-bond donors (Lipinski definition) is 1. The van der Waals surface area contributed by atoms with E-state index in [1.54, 1.807) is 10.9 Å². The lowest BCUT2D eigenvalue weighted by molar-refractivity contribution is -0.127. The summed E-state index contributed by atoms with van der Waals surface area (Å²) in [5.74, 6) is 0.272. The van der Waals surface area contributed by atoms with Crippen molar-refractivity contribution in [3.05, 3.63) is 11.9 Å². The van der Waals surface area contributed by atoms with Gasteiger partial charge in [0.05, 0.1) is 18.4 Å². The minimum atomic E-state index is -0.203. The van der Waals surface area contributed by atoms with Crippen LogP contribution in [0.1, 0.15) is 25.6 Å². The van der Waals surface area contributed by atoms with Gasteiger partial charge in [0.1, 0.15) is 6.04 Å². The summed E-state index contributed by atoms with van der Waals surface area (Å²) in [6.45, 7) is 4.54. The number of carbonyl (C=O) groups excluding carboxylic acids is 1. The molecule has 70 valence electrons. The van der Waals surface area contributed by atoms with Crippen molar-refractivity contribution >= 4 is 5.91 Å². The molecule has 0 aliphatic carbocycles. The second kappa shape index (κ2) is 2.83. The third-order valence-corrected chi connectivity index (χ3v) is 2.26. The molecule has 2 heterocycles. The third kappa shape index (κ3) is 1.20. The highest BCUT2D eigenvalue weighted by Crippen LogP contribution is 2.21. The van der Waals surface area contributed by atoms with Gasteiger partial charge >= 0.3 is 0 Å². The summed E-state index contributed by atoms with van der Waals surface area (Å²) < 4.78 is 1.71. The Labute approximate surface area is 76.1 Å². The van der Waals surface area contributed by atoms with E-state index in [4.69, 9.17) is 0 Å². The maximum Gasteiger partial charge on any atom is 0.245 e. The number of nitrogens with zero attached hydrogens (tertiary/aromatic N) is 3. The zero-order valence-corrected chi connectivity index (χ0v) is 7.69. The Morgan fingerprint density at radius 2 is 2.46 bits per heavy atom. The predicted octanol–water partition coefficient (Wildman–Crippen LogP) is 0.105. The third-order valence-electron chi connectivity index (χ3n) is 2.26. The summed E-state index contributed by atoms with van der Waals surface area (Å²) in [7, 11) is 0. The van der Waals surface area contributed by atoms with Crippen molar-refractivity contribution in [1.29, 1.82) is 0 Å². The van der Waals surface area contributed by atoms with Gasteiger partial charge in [-0.2, -0.15) is 0 Å². The molecule has 5 heteroatoms. The van der Waals surface area contributed by atoms with E-state index in [9.17, 15) is 4.79 Å². The Morgan fingerprint density at radius 1 is 1.69 bits per heavy atom. The van der Waals surface area contributed by atoms with Crippen LogP contribution in [0.5, 0.6) is 0 Å². The lowest BCUT2D eigenvalue weighted by Gasteiger charge is -2.26. The first-order chi connectivity index (χ1) is 6.20. The molecule has 1 aliphatic rings. The molecular weight excluding hydrogens is 168 g/mol. The topological polar surface area (TPSA) is 59.8 Å². The zero-order chi connectivity index (χ0) is 9.42. The van der Waals surface area contributed by atoms with Gasteiger partial charge in [0.25, 0.3) is 0 Å². The maximum absolute atomic E-state index is 11.5. The van der Waals surface area contributed by atoms with E-state index in [1.165, 1.54) is 0 Å². The normalized spacial score (nSPS) is 21.5. The van der Waals surface area contributed by atoms with Crippen molar-refractivity contribution in [2.75, 3.05) is 0 Å². The van der Waals surface area contributed by atoms with Crippen molar-refractivity contribution in [1.82, 2.24) is 20.3 Å². The summed E-state index contributed by atoms with van der Waals surface area (Å²) in [5, 5.41) is 10.5. The number of nitrogens with one attached hydrogen (secondary N) is 1. The van der Waals surface area contributed by atoms with Crippen LogP contribution in [0.15, 0.2) is 6.20 Å². The predicted molar refractivity (Wildman–Crippen MR) is 45.7 cm³/mol. The monoisotopic (exact) mass is 180 g/mol. The molecule has 0 unspecified atom stereocenters. The number of rotatable bonds is 1. The minimum absolute atomic E-state index is 0.0352. The van der Waals surface area contributed by atoms with Crippen LogP contribution in [0.2, 0.25) is 0 Å². The SMILES string of the molecule is CC(C)[C@H]1C(=O)NCc2cnnn21. The molecule has 0 spiro atoms. The molecule has 0 saturated heterocycles. The first kappa shape index (κ1) is 8.22. The Bertz CT molecular complexity index is 331. The second-order valence-corrected chi connectivity index (χ2v) is 3.58. The van der Waals surface area contributed by atoms with Crippen molar-refractivity contribution in [3.8, 4) is 0 Å². The maximum atomic E-state index is 11.5. The molecule has 0 aromatic carbocycles. The Hall–Kier alpha value is -1.39. The van der Waals surface area contributed by atoms with Crippen molar-refractivity contribution in [2.24, 2.45) is 5.92 Å². The largest absolute Gasteiger partial charge is 0.349 e. The van der Waals surface area contributed by atoms with E-state index in [0.717, 1.165) is 5.69 Å². The number of aromatic nitrogens is 3. The van der Waals surface area contributed by atoms with E-state index < -0.39 is 0 Å². The lowest BCUT2D eigenvalue weighted by Crippen LogP contribution is -2.41. The van der Waals surface area contributed by atoms with Crippen LogP contribution in [0.25, 0.3) is 0 Å².